The summed E-state index contributed by atoms with van der Waals surface area (Å²) in [7, 11) is 1.65. The van der Waals surface area contributed by atoms with Crippen molar-refractivity contribution in [1.82, 2.24) is 14.7 Å². The minimum absolute atomic E-state index is 0.303. The van der Waals surface area contributed by atoms with Crippen LogP contribution >= 0.6 is 0 Å². The molecule has 6 heteroatoms. The topological polar surface area (TPSA) is 56.3 Å². The molecule has 2 aromatic rings. The van der Waals surface area contributed by atoms with E-state index in [1.165, 1.54) is 12.0 Å². The smallest absolute Gasteiger partial charge is 0.222 e. The number of hydrogen-bond donors (Lipinski definition) is 1. The Labute approximate surface area is 197 Å². The second-order valence-electron chi connectivity index (χ2n) is 9.42. The van der Waals surface area contributed by atoms with Crippen LogP contribution in [0.5, 0.6) is 11.5 Å². The SMILES string of the molecule is COc1ccc(O)c(CN2CCC[C@@H](CCC(=O)N3CCN(Cc4ccccc4)CC3)C2)c1. The normalized spacial score (nSPS) is 20.0. The van der Waals surface area contributed by atoms with E-state index in [-0.39, 0.29) is 0 Å². The summed E-state index contributed by atoms with van der Waals surface area (Å²) in [6.07, 6.45) is 3.91. The summed E-state index contributed by atoms with van der Waals surface area (Å²) in [5.41, 5.74) is 2.24. The molecule has 0 spiro atoms. The minimum atomic E-state index is 0.303. The molecule has 1 N–H and O–H groups in total. The van der Waals surface area contributed by atoms with Gasteiger partial charge in [-0.15, -0.1) is 0 Å². The highest BCUT2D eigenvalue weighted by Crippen LogP contribution is 2.28. The number of phenols is 1. The summed E-state index contributed by atoms with van der Waals surface area (Å²) in [5, 5.41) is 10.2. The fourth-order valence-electron chi connectivity index (χ4n) is 5.07. The number of benzene rings is 2. The van der Waals surface area contributed by atoms with Crippen molar-refractivity contribution in [1.29, 1.82) is 0 Å². The summed E-state index contributed by atoms with van der Waals surface area (Å²) < 4.78 is 5.30. The first-order valence-corrected chi connectivity index (χ1v) is 12.2. The van der Waals surface area contributed by atoms with Gasteiger partial charge in [-0.3, -0.25) is 14.6 Å². The maximum Gasteiger partial charge on any atom is 0.222 e. The van der Waals surface area contributed by atoms with E-state index in [2.05, 4.69) is 39.0 Å². The third kappa shape index (κ3) is 6.71. The van der Waals surface area contributed by atoms with Crippen molar-refractivity contribution in [2.45, 2.75) is 38.8 Å². The van der Waals surface area contributed by atoms with Gasteiger partial charge in [-0.2, -0.15) is 0 Å². The van der Waals surface area contributed by atoms with Crippen LogP contribution in [-0.4, -0.2) is 72.1 Å². The van der Waals surface area contributed by atoms with Crippen LogP contribution in [-0.2, 0) is 17.9 Å². The molecule has 0 bridgehead atoms. The predicted octanol–water partition coefficient (Wildman–Crippen LogP) is 3.74. The summed E-state index contributed by atoms with van der Waals surface area (Å²) in [6.45, 7) is 7.25. The molecule has 2 aliphatic rings. The Morgan fingerprint density at radius 1 is 1.00 bits per heavy atom. The fraction of sp³-hybridized carbons (Fsp3) is 0.519. The first kappa shape index (κ1) is 23.6. The van der Waals surface area contributed by atoms with Crippen LogP contribution in [0.2, 0.25) is 0 Å². The first-order chi connectivity index (χ1) is 16.1. The van der Waals surface area contributed by atoms with E-state index in [0.29, 0.717) is 24.0 Å². The molecular weight excluding hydrogens is 414 g/mol. The van der Waals surface area contributed by atoms with Crippen LogP contribution in [0.1, 0.15) is 36.8 Å². The summed E-state index contributed by atoms with van der Waals surface area (Å²) in [6, 6.07) is 16.0. The maximum absolute atomic E-state index is 12.8. The van der Waals surface area contributed by atoms with Crippen molar-refractivity contribution in [2.75, 3.05) is 46.4 Å². The number of carbonyl (C=O) groups excluding carboxylic acids is 1. The van der Waals surface area contributed by atoms with Crippen LogP contribution in [0.25, 0.3) is 0 Å². The van der Waals surface area contributed by atoms with E-state index in [1.807, 2.05) is 12.1 Å². The van der Waals surface area contributed by atoms with Gasteiger partial charge in [-0.25, -0.2) is 0 Å². The average molecular weight is 452 g/mol. The van der Waals surface area contributed by atoms with Gasteiger partial charge < -0.3 is 14.7 Å². The van der Waals surface area contributed by atoms with E-state index < -0.39 is 0 Å². The lowest BCUT2D eigenvalue weighted by Gasteiger charge is -2.36. The van der Waals surface area contributed by atoms with E-state index >= 15 is 0 Å². The van der Waals surface area contributed by atoms with Crippen LogP contribution in [0.3, 0.4) is 0 Å². The third-order valence-corrected chi connectivity index (χ3v) is 7.02. The van der Waals surface area contributed by atoms with Crippen molar-refractivity contribution in [2.24, 2.45) is 5.92 Å². The van der Waals surface area contributed by atoms with Gasteiger partial charge in [0.1, 0.15) is 11.5 Å². The van der Waals surface area contributed by atoms with E-state index in [4.69, 9.17) is 4.74 Å². The molecule has 178 valence electrons. The second-order valence-corrected chi connectivity index (χ2v) is 9.42. The van der Waals surface area contributed by atoms with Gasteiger partial charge in [0.25, 0.3) is 0 Å². The maximum atomic E-state index is 12.8. The molecule has 1 atom stereocenters. The molecule has 6 nitrogen and oxygen atoms in total. The molecule has 2 saturated heterocycles. The Bertz CT molecular complexity index is 897. The van der Waals surface area contributed by atoms with Crippen molar-refractivity contribution >= 4 is 5.91 Å². The zero-order chi connectivity index (χ0) is 23.0. The van der Waals surface area contributed by atoms with Gasteiger partial charge in [0.2, 0.25) is 5.91 Å². The lowest BCUT2D eigenvalue weighted by atomic mass is 9.92. The number of methoxy groups -OCH3 is 1. The van der Waals surface area contributed by atoms with Crippen LogP contribution in [0.4, 0.5) is 0 Å². The van der Waals surface area contributed by atoms with Crippen molar-refractivity contribution in [3.63, 3.8) is 0 Å². The first-order valence-electron chi connectivity index (χ1n) is 12.2. The largest absolute Gasteiger partial charge is 0.508 e. The fourth-order valence-corrected chi connectivity index (χ4v) is 5.07. The Morgan fingerprint density at radius 2 is 1.79 bits per heavy atom. The third-order valence-electron chi connectivity index (χ3n) is 7.02. The standard InChI is InChI=1S/C27H37N3O3/c1-33-25-10-11-26(31)24(18-25)21-29-13-5-8-23(20-29)9-12-27(32)30-16-14-28(15-17-30)19-22-6-3-2-4-7-22/h2-4,6-7,10-11,18,23,31H,5,8-9,12-17,19-21H2,1H3/t23-/m0/s1. The van der Waals surface area contributed by atoms with Crippen molar-refractivity contribution < 1.29 is 14.6 Å². The molecular formula is C27H37N3O3. The highest BCUT2D eigenvalue weighted by Gasteiger charge is 2.25. The lowest BCUT2D eigenvalue weighted by Crippen LogP contribution is -2.48. The van der Waals surface area contributed by atoms with Gasteiger partial charge in [0.05, 0.1) is 7.11 Å². The quantitative estimate of drug-likeness (QED) is 0.663. The molecule has 0 unspecified atom stereocenters. The number of aromatic hydroxyl groups is 1. The molecule has 1 amide bonds. The molecule has 2 aliphatic heterocycles. The highest BCUT2D eigenvalue weighted by atomic mass is 16.5. The van der Waals surface area contributed by atoms with Gasteiger partial charge in [0.15, 0.2) is 0 Å². The lowest BCUT2D eigenvalue weighted by molar-refractivity contribution is -0.133. The van der Waals surface area contributed by atoms with Crippen LogP contribution in [0.15, 0.2) is 48.5 Å². The number of nitrogens with zero attached hydrogens (tertiary/aromatic N) is 3. The van der Waals surface area contributed by atoms with E-state index in [9.17, 15) is 9.90 Å². The molecule has 2 fully saturated rings. The number of phenolic OH excluding ortho intramolecular Hbond substituents is 1. The number of hydrogen-bond acceptors (Lipinski definition) is 5. The summed E-state index contributed by atoms with van der Waals surface area (Å²) >= 11 is 0. The number of amides is 1. The van der Waals surface area contributed by atoms with Gasteiger partial charge in [-0.05, 0) is 55.5 Å². The zero-order valence-corrected chi connectivity index (χ0v) is 19.8. The highest BCUT2D eigenvalue weighted by molar-refractivity contribution is 5.76. The van der Waals surface area contributed by atoms with E-state index in [0.717, 1.165) is 76.5 Å². The Balaban J connectivity index is 1.19. The van der Waals surface area contributed by atoms with Gasteiger partial charge in [0, 0.05) is 57.8 Å². The number of likely N-dealkylation sites (tertiary alicyclic amines) is 1. The molecule has 0 aliphatic carbocycles. The van der Waals surface area contributed by atoms with Crippen LogP contribution < -0.4 is 4.74 Å². The number of piperidine rings is 1. The molecule has 4 rings (SSSR count). The Kier molecular flexibility index (Phi) is 8.24. The number of rotatable bonds is 8. The van der Waals surface area contributed by atoms with Gasteiger partial charge >= 0.3 is 0 Å². The minimum Gasteiger partial charge on any atom is -0.508 e. The number of ether oxygens (including phenoxy) is 1. The average Bonchev–Trinajstić information content (AvgIpc) is 2.85. The zero-order valence-electron chi connectivity index (χ0n) is 19.8. The number of piperazine rings is 1. The molecule has 2 aromatic carbocycles. The van der Waals surface area contributed by atoms with Crippen molar-refractivity contribution in [3.05, 3.63) is 59.7 Å². The Morgan fingerprint density at radius 3 is 2.55 bits per heavy atom. The molecule has 33 heavy (non-hydrogen) atoms. The summed E-state index contributed by atoms with van der Waals surface area (Å²) in [5.74, 6) is 1.93. The Hall–Kier alpha value is -2.57. The molecule has 2 heterocycles. The van der Waals surface area contributed by atoms with Crippen molar-refractivity contribution in [3.8, 4) is 11.5 Å². The van der Waals surface area contributed by atoms with Crippen LogP contribution in [0, 0.1) is 5.92 Å². The molecule has 0 radical (unpaired) electrons. The molecule has 0 aromatic heterocycles. The molecule has 0 saturated carbocycles. The second kappa shape index (κ2) is 11.5. The van der Waals surface area contributed by atoms with Gasteiger partial charge in [-0.1, -0.05) is 30.3 Å². The summed E-state index contributed by atoms with van der Waals surface area (Å²) in [4.78, 5) is 19.7. The monoisotopic (exact) mass is 451 g/mol. The number of carbonyl (C=O) groups is 1. The van der Waals surface area contributed by atoms with E-state index in [1.54, 1.807) is 19.2 Å². The predicted molar refractivity (Wildman–Crippen MR) is 130 cm³/mol.